The van der Waals surface area contributed by atoms with Crippen molar-refractivity contribution in [1.29, 1.82) is 0 Å². The van der Waals surface area contributed by atoms with Gasteiger partial charge in [-0.25, -0.2) is 9.18 Å². The van der Waals surface area contributed by atoms with Crippen LogP contribution in [-0.4, -0.2) is 24.4 Å². The summed E-state index contributed by atoms with van der Waals surface area (Å²) in [5.74, 6) is -0.410. The summed E-state index contributed by atoms with van der Waals surface area (Å²) < 4.78 is 19.1. The molecule has 0 aromatic heterocycles. The van der Waals surface area contributed by atoms with E-state index in [4.69, 9.17) is 4.74 Å². The maximum Gasteiger partial charge on any atom is 0.407 e. The summed E-state index contributed by atoms with van der Waals surface area (Å²) in [7, 11) is 0. The number of hydrogen-bond donors (Lipinski definition) is 2. The molecule has 5 heteroatoms. The fourth-order valence-corrected chi connectivity index (χ4v) is 3.76. The molecule has 4 rings (SSSR count). The third-order valence-electron chi connectivity index (χ3n) is 5.36. The predicted molar refractivity (Wildman–Crippen MR) is 109 cm³/mol. The van der Waals surface area contributed by atoms with Gasteiger partial charge in [0.1, 0.15) is 12.4 Å². The van der Waals surface area contributed by atoms with Gasteiger partial charge in [-0.1, -0.05) is 60.7 Å². The van der Waals surface area contributed by atoms with Gasteiger partial charge < -0.3 is 15.2 Å². The van der Waals surface area contributed by atoms with Gasteiger partial charge in [0, 0.05) is 5.92 Å². The van der Waals surface area contributed by atoms with E-state index < -0.39 is 12.2 Å². The van der Waals surface area contributed by atoms with Crippen molar-refractivity contribution in [2.24, 2.45) is 0 Å². The average molecular weight is 391 g/mol. The number of nitrogens with one attached hydrogen (secondary N) is 1. The first-order chi connectivity index (χ1) is 14.0. The molecule has 0 spiro atoms. The lowest BCUT2D eigenvalue weighted by atomic mass is 9.98. The topological polar surface area (TPSA) is 58.6 Å². The fourth-order valence-electron chi connectivity index (χ4n) is 3.76. The SMILES string of the molecule is Cc1ccc(C(O)CNC(=O)OCC2c3ccccc3-c3ccccc32)cc1F. The van der Waals surface area contributed by atoms with E-state index in [2.05, 4.69) is 29.6 Å². The number of carbonyl (C=O) groups is 1. The normalized spacial score (nSPS) is 13.5. The summed E-state index contributed by atoms with van der Waals surface area (Å²) in [4.78, 5) is 12.2. The van der Waals surface area contributed by atoms with Crippen LogP contribution in [-0.2, 0) is 4.74 Å². The molecule has 0 fully saturated rings. The smallest absolute Gasteiger partial charge is 0.407 e. The van der Waals surface area contributed by atoms with Crippen molar-refractivity contribution < 1.29 is 19.0 Å². The number of alkyl carbamates (subject to hydrolysis) is 1. The van der Waals surface area contributed by atoms with E-state index in [-0.39, 0.29) is 24.9 Å². The molecule has 1 unspecified atom stereocenters. The third kappa shape index (κ3) is 3.87. The van der Waals surface area contributed by atoms with Crippen molar-refractivity contribution in [3.05, 3.63) is 94.8 Å². The Morgan fingerprint density at radius 3 is 2.31 bits per heavy atom. The Balaban J connectivity index is 1.37. The molecule has 29 heavy (non-hydrogen) atoms. The number of benzene rings is 3. The Morgan fingerprint density at radius 2 is 1.69 bits per heavy atom. The number of rotatable bonds is 5. The minimum Gasteiger partial charge on any atom is -0.449 e. The molecule has 4 nitrogen and oxygen atoms in total. The fraction of sp³-hybridized carbons (Fsp3) is 0.208. The molecular weight excluding hydrogens is 369 g/mol. The van der Waals surface area contributed by atoms with Crippen LogP contribution in [0.25, 0.3) is 11.1 Å². The van der Waals surface area contributed by atoms with Crippen molar-refractivity contribution in [3.8, 4) is 11.1 Å². The van der Waals surface area contributed by atoms with Gasteiger partial charge in [0.25, 0.3) is 0 Å². The summed E-state index contributed by atoms with van der Waals surface area (Å²) in [5, 5.41) is 12.7. The lowest BCUT2D eigenvalue weighted by molar-refractivity contribution is 0.128. The van der Waals surface area contributed by atoms with Crippen LogP contribution >= 0.6 is 0 Å². The summed E-state index contributed by atoms with van der Waals surface area (Å²) in [6.45, 7) is 1.80. The number of aryl methyl sites for hydroxylation is 1. The van der Waals surface area contributed by atoms with Gasteiger partial charge in [-0.2, -0.15) is 0 Å². The minimum atomic E-state index is -1.01. The quantitative estimate of drug-likeness (QED) is 0.662. The van der Waals surface area contributed by atoms with Gasteiger partial charge in [0.15, 0.2) is 0 Å². The number of halogens is 1. The van der Waals surface area contributed by atoms with Gasteiger partial charge >= 0.3 is 6.09 Å². The van der Waals surface area contributed by atoms with Gasteiger partial charge in [0.05, 0.1) is 12.6 Å². The van der Waals surface area contributed by atoms with E-state index in [1.54, 1.807) is 19.1 Å². The zero-order chi connectivity index (χ0) is 20.4. The van der Waals surface area contributed by atoms with Crippen molar-refractivity contribution in [3.63, 3.8) is 0 Å². The Labute approximate surface area is 169 Å². The number of amides is 1. The molecule has 1 aliphatic rings. The van der Waals surface area contributed by atoms with Crippen LogP contribution in [0.5, 0.6) is 0 Å². The molecule has 3 aromatic carbocycles. The van der Waals surface area contributed by atoms with Crippen LogP contribution in [0.2, 0.25) is 0 Å². The standard InChI is InChI=1S/C24H22FNO3/c1-15-10-11-16(12-22(15)25)23(27)13-26-24(28)29-14-21-19-8-4-2-6-17(19)18-7-3-5-9-20(18)21/h2-12,21,23,27H,13-14H2,1H3,(H,26,28). The molecule has 0 radical (unpaired) electrons. The zero-order valence-corrected chi connectivity index (χ0v) is 16.1. The summed E-state index contributed by atoms with van der Waals surface area (Å²) in [6, 6.07) is 20.7. The van der Waals surface area contributed by atoms with E-state index in [0.717, 1.165) is 22.3 Å². The van der Waals surface area contributed by atoms with E-state index in [1.165, 1.54) is 6.07 Å². The number of carbonyl (C=O) groups excluding carboxylic acids is 1. The van der Waals surface area contributed by atoms with Gasteiger partial charge in [-0.15, -0.1) is 0 Å². The van der Waals surface area contributed by atoms with Crippen molar-refractivity contribution in [1.82, 2.24) is 5.32 Å². The molecule has 1 amide bonds. The number of aliphatic hydroxyl groups is 1. The Hall–Kier alpha value is -3.18. The first-order valence-electron chi connectivity index (χ1n) is 9.57. The minimum absolute atomic E-state index is 0.0238. The van der Waals surface area contributed by atoms with Crippen LogP contribution in [0.4, 0.5) is 9.18 Å². The van der Waals surface area contributed by atoms with Crippen LogP contribution in [0.3, 0.4) is 0 Å². The third-order valence-corrected chi connectivity index (χ3v) is 5.36. The zero-order valence-electron chi connectivity index (χ0n) is 16.1. The van der Waals surface area contributed by atoms with E-state index in [0.29, 0.717) is 11.1 Å². The van der Waals surface area contributed by atoms with Crippen molar-refractivity contribution in [2.75, 3.05) is 13.2 Å². The monoisotopic (exact) mass is 391 g/mol. The summed E-state index contributed by atoms with van der Waals surface area (Å²) >= 11 is 0. The van der Waals surface area contributed by atoms with Crippen LogP contribution in [0.15, 0.2) is 66.7 Å². The highest BCUT2D eigenvalue weighted by Crippen LogP contribution is 2.44. The van der Waals surface area contributed by atoms with Crippen LogP contribution in [0, 0.1) is 12.7 Å². The average Bonchev–Trinajstić information content (AvgIpc) is 3.06. The largest absolute Gasteiger partial charge is 0.449 e. The highest BCUT2D eigenvalue weighted by Gasteiger charge is 2.29. The molecule has 0 saturated carbocycles. The van der Waals surface area contributed by atoms with Gasteiger partial charge in [0.2, 0.25) is 0 Å². The summed E-state index contributed by atoms with van der Waals surface area (Å²) in [6.07, 6.45) is -1.62. The molecule has 0 saturated heterocycles. The summed E-state index contributed by atoms with van der Waals surface area (Å²) in [5.41, 5.74) is 5.51. The molecule has 3 aromatic rings. The second-order valence-corrected chi connectivity index (χ2v) is 7.23. The molecule has 148 valence electrons. The molecule has 1 aliphatic carbocycles. The van der Waals surface area contributed by atoms with Gasteiger partial charge in [-0.3, -0.25) is 0 Å². The molecule has 2 N–H and O–H groups in total. The maximum atomic E-state index is 13.7. The van der Waals surface area contributed by atoms with Crippen LogP contribution < -0.4 is 5.32 Å². The van der Waals surface area contributed by atoms with Gasteiger partial charge in [-0.05, 0) is 46.4 Å². The highest BCUT2D eigenvalue weighted by molar-refractivity contribution is 5.79. The van der Waals surface area contributed by atoms with Crippen molar-refractivity contribution in [2.45, 2.75) is 18.9 Å². The lowest BCUT2D eigenvalue weighted by Gasteiger charge is -2.16. The lowest BCUT2D eigenvalue weighted by Crippen LogP contribution is -2.30. The second-order valence-electron chi connectivity index (χ2n) is 7.23. The number of fused-ring (bicyclic) bond motifs is 3. The Kier molecular flexibility index (Phi) is 5.32. The number of hydrogen-bond acceptors (Lipinski definition) is 3. The highest BCUT2D eigenvalue weighted by atomic mass is 19.1. The Bertz CT molecular complexity index is 1000. The molecule has 1 atom stereocenters. The first kappa shape index (κ1) is 19.2. The van der Waals surface area contributed by atoms with E-state index >= 15 is 0 Å². The van der Waals surface area contributed by atoms with E-state index in [1.807, 2.05) is 24.3 Å². The first-order valence-corrected chi connectivity index (χ1v) is 9.57. The molecule has 0 bridgehead atoms. The number of ether oxygens (including phenoxy) is 1. The number of aliphatic hydroxyl groups excluding tert-OH is 1. The van der Waals surface area contributed by atoms with Crippen LogP contribution in [0.1, 0.15) is 34.3 Å². The van der Waals surface area contributed by atoms with Crippen molar-refractivity contribution >= 4 is 6.09 Å². The molecule has 0 heterocycles. The predicted octanol–water partition coefficient (Wildman–Crippen LogP) is 4.71. The molecule has 0 aliphatic heterocycles. The maximum absolute atomic E-state index is 13.7. The second kappa shape index (κ2) is 8.05. The molecular formula is C24H22FNO3. The Morgan fingerprint density at radius 1 is 1.07 bits per heavy atom. The van der Waals surface area contributed by atoms with E-state index in [9.17, 15) is 14.3 Å².